The quantitative estimate of drug-likeness (QED) is 0.592. The number of methoxy groups -OCH3 is 1. The van der Waals surface area contributed by atoms with Gasteiger partial charge in [-0.25, -0.2) is 0 Å². The number of rotatable bonds is 8. The van der Waals surface area contributed by atoms with E-state index in [2.05, 4.69) is 6.92 Å². The van der Waals surface area contributed by atoms with Crippen LogP contribution in [0.25, 0.3) is 0 Å². The molecule has 2 heteroatoms. The summed E-state index contributed by atoms with van der Waals surface area (Å²) in [5.41, 5.74) is 0. The van der Waals surface area contributed by atoms with Crippen LogP contribution >= 0.6 is 0 Å². The van der Waals surface area contributed by atoms with Crippen molar-refractivity contribution in [3.63, 3.8) is 0 Å². The molecule has 1 aromatic carbocycles. The minimum absolute atomic E-state index is 0.745. The zero-order valence-corrected chi connectivity index (χ0v) is 13.6. The van der Waals surface area contributed by atoms with Gasteiger partial charge in [0.1, 0.15) is 11.5 Å². The lowest BCUT2D eigenvalue weighted by atomic mass is 9.80. The van der Waals surface area contributed by atoms with E-state index in [1.807, 2.05) is 24.3 Å². The largest absolute Gasteiger partial charge is 0.497 e. The van der Waals surface area contributed by atoms with E-state index in [0.717, 1.165) is 29.9 Å². The summed E-state index contributed by atoms with van der Waals surface area (Å²) < 4.78 is 11.1. The summed E-state index contributed by atoms with van der Waals surface area (Å²) in [7, 11) is 1.69. The van der Waals surface area contributed by atoms with Gasteiger partial charge in [0, 0.05) is 0 Å². The van der Waals surface area contributed by atoms with Crippen molar-refractivity contribution in [1.82, 2.24) is 0 Å². The topological polar surface area (TPSA) is 18.5 Å². The summed E-state index contributed by atoms with van der Waals surface area (Å²) in [4.78, 5) is 0. The first-order chi connectivity index (χ1) is 10.3. The van der Waals surface area contributed by atoms with Gasteiger partial charge in [0.05, 0.1) is 13.7 Å². The van der Waals surface area contributed by atoms with E-state index < -0.39 is 0 Å². The minimum atomic E-state index is 0.745. The molecule has 0 unspecified atom stereocenters. The standard InChI is InChI=1S/C19H30O2/c1-3-4-5-6-16-7-9-17(10-8-16)15-21-19-13-11-18(20-2)12-14-19/h11-14,16-17H,3-10,15H2,1-2H3. The summed E-state index contributed by atoms with van der Waals surface area (Å²) in [6.45, 7) is 3.15. The maximum atomic E-state index is 5.92. The fraction of sp³-hybridized carbons (Fsp3) is 0.684. The molecule has 1 aliphatic carbocycles. The maximum Gasteiger partial charge on any atom is 0.119 e. The van der Waals surface area contributed by atoms with Crippen LogP contribution in [0.3, 0.4) is 0 Å². The number of ether oxygens (including phenoxy) is 2. The predicted octanol–water partition coefficient (Wildman–Crippen LogP) is 5.46. The van der Waals surface area contributed by atoms with E-state index in [4.69, 9.17) is 9.47 Å². The van der Waals surface area contributed by atoms with Gasteiger partial charge in [-0.05, 0) is 48.9 Å². The van der Waals surface area contributed by atoms with Crippen molar-refractivity contribution in [2.45, 2.75) is 58.3 Å². The fourth-order valence-electron chi connectivity index (χ4n) is 3.26. The molecule has 0 heterocycles. The number of unbranched alkanes of at least 4 members (excludes halogenated alkanes) is 2. The first kappa shape index (κ1) is 16.2. The van der Waals surface area contributed by atoms with Crippen LogP contribution in [0.5, 0.6) is 11.5 Å². The van der Waals surface area contributed by atoms with Crippen LogP contribution in [-0.4, -0.2) is 13.7 Å². The van der Waals surface area contributed by atoms with Gasteiger partial charge in [-0.1, -0.05) is 45.4 Å². The number of hydrogen-bond donors (Lipinski definition) is 0. The second-order valence-electron chi connectivity index (χ2n) is 6.37. The smallest absolute Gasteiger partial charge is 0.119 e. The third-order valence-corrected chi connectivity index (χ3v) is 4.73. The molecular weight excluding hydrogens is 260 g/mol. The summed E-state index contributed by atoms with van der Waals surface area (Å²) >= 11 is 0. The van der Waals surface area contributed by atoms with E-state index in [9.17, 15) is 0 Å². The zero-order valence-electron chi connectivity index (χ0n) is 13.6. The Balaban J connectivity index is 1.64. The van der Waals surface area contributed by atoms with Crippen molar-refractivity contribution in [3.05, 3.63) is 24.3 Å². The van der Waals surface area contributed by atoms with Crippen molar-refractivity contribution in [2.24, 2.45) is 11.8 Å². The molecule has 0 atom stereocenters. The van der Waals surface area contributed by atoms with E-state index in [1.165, 1.54) is 51.4 Å². The molecule has 2 nitrogen and oxygen atoms in total. The highest BCUT2D eigenvalue weighted by Crippen LogP contribution is 2.32. The van der Waals surface area contributed by atoms with E-state index in [-0.39, 0.29) is 0 Å². The fourth-order valence-corrected chi connectivity index (χ4v) is 3.26. The third kappa shape index (κ3) is 5.61. The summed E-state index contributed by atoms with van der Waals surface area (Å²) in [5.74, 6) is 3.57. The Morgan fingerprint density at radius 1 is 0.905 bits per heavy atom. The van der Waals surface area contributed by atoms with Gasteiger partial charge in [0.2, 0.25) is 0 Å². The molecule has 0 radical (unpaired) electrons. The Bertz CT molecular complexity index is 377. The molecule has 1 saturated carbocycles. The van der Waals surface area contributed by atoms with Crippen LogP contribution < -0.4 is 9.47 Å². The Kier molecular flexibility index (Phi) is 6.91. The lowest BCUT2D eigenvalue weighted by molar-refractivity contribution is 0.177. The van der Waals surface area contributed by atoms with Crippen molar-refractivity contribution >= 4 is 0 Å². The molecule has 118 valence electrons. The first-order valence-electron chi connectivity index (χ1n) is 8.58. The zero-order chi connectivity index (χ0) is 14.9. The highest BCUT2D eigenvalue weighted by atomic mass is 16.5. The highest BCUT2D eigenvalue weighted by molar-refractivity contribution is 5.31. The van der Waals surface area contributed by atoms with E-state index in [0.29, 0.717) is 0 Å². The van der Waals surface area contributed by atoms with Gasteiger partial charge < -0.3 is 9.47 Å². The molecule has 21 heavy (non-hydrogen) atoms. The maximum absolute atomic E-state index is 5.92. The van der Waals surface area contributed by atoms with Crippen molar-refractivity contribution in [1.29, 1.82) is 0 Å². The summed E-state index contributed by atoms with van der Waals surface area (Å²) in [6, 6.07) is 7.91. The molecule has 1 fully saturated rings. The minimum Gasteiger partial charge on any atom is -0.497 e. The SMILES string of the molecule is CCCCCC1CCC(COc2ccc(OC)cc2)CC1. The Morgan fingerprint density at radius 2 is 1.52 bits per heavy atom. The monoisotopic (exact) mass is 290 g/mol. The Hall–Kier alpha value is -1.18. The lowest BCUT2D eigenvalue weighted by Crippen LogP contribution is -2.20. The second kappa shape index (κ2) is 8.96. The summed E-state index contributed by atoms with van der Waals surface area (Å²) in [5, 5.41) is 0. The van der Waals surface area contributed by atoms with Gasteiger partial charge in [-0.15, -0.1) is 0 Å². The number of benzene rings is 1. The second-order valence-corrected chi connectivity index (χ2v) is 6.37. The van der Waals surface area contributed by atoms with Crippen LogP contribution in [0, 0.1) is 11.8 Å². The average Bonchev–Trinajstić information content (AvgIpc) is 2.55. The molecule has 1 aromatic rings. The predicted molar refractivity (Wildman–Crippen MR) is 88.1 cm³/mol. The van der Waals surface area contributed by atoms with Gasteiger partial charge in [0.25, 0.3) is 0 Å². The molecule has 1 aliphatic rings. The molecule has 0 spiro atoms. The van der Waals surface area contributed by atoms with Gasteiger partial charge >= 0.3 is 0 Å². The molecule has 2 rings (SSSR count). The molecule has 0 aromatic heterocycles. The highest BCUT2D eigenvalue weighted by Gasteiger charge is 2.21. The van der Waals surface area contributed by atoms with Crippen molar-refractivity contribution in [3.8, 4) is 11.5 Å². The van der Waals surface area contributed by atoms with Gasteiger partial charge in [0.15, 0.2) is 0 Å². The summed E-state index contributed by atoms with van der Waals surface area (Å²) in [6.07, 6.45) is 11.1. The Labute approximate surface area is 129 Å². The molecule has 0 N–H and O–H groups in total. The molecule has 0 saturated heterocycles. The molecule has 0 aliphatic heterocycles. The van der Waals surface area contributed by atoms with Crippen LogP contribution in [0.2, 0.25) is 0 Å². The van der Waals surface area contributed by atoms with Gasteiger partial charge in [-0.3, -0.25) is 0 Å². The lowest BCUT2D eigenvalue weighted by Gasteiger charge is -2.28. The third-order valence-electron chi connectivity index (χ3n) is 4.73. The van der Waals surface area contributed by atoms with E-state index >= 15 is 0 Å². The number of hydrogen-bond acceptors (Lipinski definition) is 2. The van der Waals surface area contributed by atoms with E-state index in [1.54, 1.807) is 7.11 Å². The van der Waals surface area contributed by atoms with Crippen LogP contribution in [0.1, 0.15) is 58.3 Å². The molecule has 0 bridgehead atoms. The van der Waals surface area contributed by atoms with Crippen LogP contribution in [0.4, 0.5) is 0 Å². The van der Waals surface area contributed by atoms with Crippen LogP contribution in [-0.2, 0) is 0 Å². The first-order valence-corrected chi connectivity index (χ1v) is 8.58. The van der Waals surface area contributed by atoms with Crippen molar-refractivity contribution in [2.75, 3.05) is 13.7 Å². The normalized spacial score (nSPS) is 22.0. The van der Waals surface area contributed by atoms with Crippen LogP contribution in [0.15, 0.2) is 24.3 Å². The Morgan fingerprint density at radius 3 is 2.14 bits per heavy atom. The van der Waals surface area contributed by atoms with Crippen molar-refractivity contribution < 1.29 is 9.47 Å². The molecule has 0 amide bonds. The molecular formula is C19H30O2. The van der Waals surface area contributed by atoms with Gasteiger partial charge in [-0.2, -0.15) is 0 Å². The average molecular weight is 290 g/mol.